The third kappa shape index (κ3) is 13.7. The number of nitrogens with two attached hydrogens (primary N) is 3. The second kappa shape index (κ2) is 15.9. The summed E-state index contributed by atoms with van der Waals surface area (Å²) in [6.45, 7) is 3.59. The number of hydrogen-bond acceptors (Lipinski definition) is 8. The molecule has 0 rings (SSSR count). The van der Waals surface area contributed by atoms with Gasteiger partial charge in [0.15, 0.2) is 5.96 Å². The molecule has 36 heavy (non-hydrogen) atoms. The predicted molar refractivity (Wildman–Crippen MR) is 125 cm³/mol. The highest BCUT2D eigenvalue weighted by atomic mass is 16.4. The van der Waals surface area contributed by atoms with Crippen LogP contribution < -0.4 is 33.2 Å². The maximum absolute atomic E-state index is 12.8. The molecule has 204 valence electrons. The number of amides is 3. The van der Waals surface area contributed by atoms with Crippen LogP contribution in [0, 0.1) is 5.92 Å². The highest BCUT2D eigenvalue weighted by Gasteiger charge is 2.31. The minimum atomic E-state index is -1.70. The standard InChI is InChI=1S/C20H35N7O9/c1-9(2)6-13(19(35)36)27-17(33)11(4-3-5-24-20(22)23)25-18(34)12(8-15(30)31)26-16(32)10(21)7-14(28)29/h9-13H,3-8,21H2,1-2H3,(H,25,34)(H,26,32)(H,27,33)(H,28,29)(H,30,31)(H,35,36)(H4,22,23,24). The molecule has 16 nitrogen and oxygen atoms in total. The highest BCUT2D eigenvalue weighted by molar-refractivity contribution is 5.96. The number of nitrogens with one attached hydrogen (secondary N) is 3. The molecule has 0 aromatic rings. The summed E-state index contributed by atoms with van der Waals surface area (Å²) in [5.41, 5.74) is 16.0. The first kappa shape index (κ1) is 32.0. The number of aliphatic imine (C=N–C) groups is 1. The summed E-state index contributed by atoms with van der Waals surface area (Å²) in [7, 11) is 0. The van der Waals surface area contributed by atoms with Crippen LogP contribution in [0.2, 0.25) is 0 Å². The molecule has 0 fully saturated rings. The molecule has 0 aromatic heterocycles. The van der Waals surface area contributed by atoms with E-state index in [9.17, 15) is 33.9 Å². The van der Waals surface area contributed by atoms with Crippen molar-refractivity contribution in [2.45, 2.75) is 70.1 Å². The molecule has 0 saturated heterocycles. The third-order valence-corrected chi connectivity index (χ3v) is 4.64. The van der Waals surface area contributed by atoms with Gasteiger partial charge in [0.25, 0.3) is 0 Å². The zero-order chi connectivity index (χ0) is 28.0. The average Bonchev–Trinajstić information content (AvgIpc) is 2.73. The van der Waals surface area contributed by atoms with Crippen molar-refractivity contribution in [3.05, 3.63) is 0 Å². The van der Waals surface area contributed by atoms with E-state index < -0.39 is 72.6 Å². The molecular formula is C20H35N7O9. The average molecular weight is 518 g/mol. The molecule has 3 amide bonds. The molecule has 0 spiro atoms. The van der Waals surface area contributed by atoms with E-state index in [-0.39, 0.29) is 37.7 Å². The van der Waals surface area contributed by atoms with Gasteiger partial charge in [-0.15, -0.1) is 0 Å². The molecule has 0 aliphatic heterocycles. The number of carboxylic acid groups (broad SMARTS) is 3. The molecular weight excluding hydrogens is 482 g/mol. The summed E-state index contributed by atoms with van der Waals surface area (Å²) < 4.78 is 0. The van der Waals surface area contributed by atoms with Gasteiger partial charge in [-0.1, -0.05) is 13.8 Å². The van der Waals surface area contributed by atoms with Gasteiger partial charge in [0.2, 0.25) is 17.7 Å². The van der Waals surface area contributed by atoms with E-state index >= 15 is 0 Å². The molecule has 4 atom stereocenters. The highest BCUT2D eigenvalue weighted by Crippen LogP contribution is 2.08. The first-order valence-corrected chi connectivity index (χ1v) is 11.0. The number of carboxylic acids is 3. The number of nitrogens with zero attached hydrogens (tertiary/aromatic N) is 1. The Morgan fingerprint density at radius 2 is 1.28 bits per heavy atom. The zero-order valence-electron chi connectivity index (χ0n) is 20.1. The lowest BCUT2D eigenvalue weighted by atomic mass is 10.0. The van der Waals surface area contributed by atoms with Gasteiger partial charge in [-0.25, -0.2) is 4.79 Å². The Bertz CT molecular complexity index is 843. The summed E-state index contributed by atoms with van der Waals surface area (Å²) in [5.74, 6) is -7.45. The van der Waals surface area contributed by atoms with Crippen molar-refractivity contribution in [2.24, 2.45) is 28.1 Å². The van der Waals surface area contributed by atoms with Crippen molar-refractivity contribution in [2.75, 3.05) is 6.54 Å². The van der Waals surface area contributed by atoms with Crippen LogP contribution in [0.25, 0.3) is 0 Å². The summed E-state index contributed by atoms with van der Waals surface area (Å²) in [6, 6.07) is -5.84. The molecule has 0 radical (unpaired) electrons. The molecule has 0 heterocycles. The fourth-order valence-electron chi connectivity index (χ4n) is 2.95. The smallest absolute Gasteiger partial charge is 0.326 e. The Labute approximate surface area is 207 Å². The quantitative estimate of drug-likeness (QED) is 0.0526. The van der Waals surface area contributed by atoms with Crippen LogP contribution >= 0.6 is 0 Å². The van der Waals surface area contributed by atoms with Gasteiger partial charge in [0, 0.05) is 6.54 Å². The maximum Gasteiger partial charge on any atom is 0.326 e. The van der Waals surface area contributed by atoms with E-state index in [1.165, 1.54) is 0 Å². The Morgan fingerprint density at radius 1 is 0.778 bits per heavy atom. The molecule has 0 aliphatic carbocycles. The van der Waals surface area contributed by atoms with Gasteiger partial charge in [0.05, 0.1) is 18.9 Å². The molecule has 12 N–H and O–H groups in total. The number of carbonyl (C=O) groups excluding carboxylic acids is 3. The molecule has 4 unspecified atom stereocenters. The fourth-order valence-corrected chi connectivity index (χ4v) is 2.95. The van der Waals surface area contributed by atoms with E-state index in [2.05, 4.69) is 20.9 Å². The third-order valence-electron chi connectivity index (χ3n) is 4.64. The normalized spacial score (nSPS) is 14.0. The lowest BCUT2D eigenvalue weighted by Crippen LogP contribution is -2.57. The summed E-state index contributed by atoms with van der Waals surface area (Å²) in [6.07, 6.45) is -1.44. The van der Waals surface area contributed by atoms with E-state index in [1.54, 1.807) is 13.8 Å². The number of guanidine groups is 1. The van der Waals surface area contributed by atoms with Crippen LogP contribution in [0.15, 0.2) is 4.99 Å². The number of aliphatic carboxylic acids is 3. The second-order valence-electron chi connectivity index (χ2n) is 8.40. The summed E-state index contributed by atoms with van der Waals surface area (Å²) in [5, 5.41) is 34.0. The monoisotopic (exact) mass is 517 g/mol. The lowest BCUT2D eigenvalue weighted by molar-refractivity contribution is -0.143. The minimum Gasteiger partial charge on any atom is -0.481 e. The SMILES string of the molecule is CC(C)CC(NC(=O)C(CCCN=C(N)N)NC(=O)C(CC(=O)O)NC(=O)C(N)CC(=O)O)C(=O)O. The van der Waals surface area contributed by atoms with Crippen LogP contribution in [0.3, 0.4) is 0 Å². The molecule has 0 bridgehead atoms. The van der Waals surface area contributed by atoms with Gasteiger partial charge in [-0.05, 0) is 25.2 Å². The van der Waals surface area contributed by atoms with Crippen LogP contribution in [0.5, 0.6) is 0 Å². The maximum atomic E-state index is 12.8. The van der Waals surface area contributed by atoms with Crippen molar-refractivity contribution < 1.29 is 44.1 Å². The van der Waals surface area contributed by atoms with E-state index in [0.29, 0.717) is 0 Å². The van der Waals surface area contributed by atoms with Gasteiger partial charge in [-0.2, -0.15) is 0 Å². The number of rotatable bonds is 17. The number of carbonyl (C=O) groups is 6. The van der Waals surface area contributed by atoms with Crippen LogP contribution in [0.4, 0.5) is 0 Å². The fraction of sp³-hybridized carbons (Fsp3) is 0.650. The predicted octanol–water partition coefficient (Wildman–Crippen LogP) is -3.10. The largest absolute Gasteiger partial charge is 0.481 e. The van der Waals surface area contributed by atoms with E-state index in [4.69, 9.17) is 27.4 Å². The van der Waals surface area contributed by atoms with Crippen molar-refractivity contribution in [3.63, 3.8) is 0 Å². The second-order valence-corrected chi connectivity index (χ2v) is 8.40. The Morgan fingerprint density at radius 3 is 1.75 bits per heavy atom. The topological polar surface area (TPSA) is 290 Å². The Kier molecular flexibility index (Phi) is 14.1. The van der Waals surface area contributed by atoms with Gasteiger partial charge in [0.1, 0.15) is 18.1 Å². The van der Waals surface area contributed by atoms with E-state index in [0.717, 1.165) is 0 Å². The molecule has 0 saturated carbocycles. The zero-order valence-corrected chi connectivity index (χ0v) is 20.1. The summed E-state index contributed by atoms with van der Waals surface area (Å²) >= 11 is 0. The molecule has 0 aliphatic rings. The first-order chi connectivity index (χ1) is 16.6. The lowest BCUT2D eigenvalue weighted by Gasteiger charge is -2.25. The van der Waals surface area contributed by atoms with Gasteiger partial charge in [-0.3, -0.25) is 29.0 Å². The number of hydrogen-bond donors (Lipinski definition) is 9. The molecule has 16 heteroatoms. The molecule has 0 aromatic carbocycles. The van der Waals surface area contributed by atoms with Gasteiger partial charge < -0.3 is 48.5 Å². The van der Waals surface area contributed by atoms with Crippen LogP contribution in [0.1, 0.15) is 46.0 Å². The van der Waals surface area contributed by atoms with Crippen molar-refractivity contribution in [3.8, 4) is 0 Å². The Balaban J connectivity index is 5.67. The first-order valence-electron chi connectivity index (χ1n) is 11.0. The van der Waals surface area contributed by atoms with Crippen LogP contribution in [-0.2, 0) is 28.8 Å². The summed E-state index contributed by atoms with van der Waals surface area (Å²) in [4.78, 5) is 75.0. The van der Waals surface area contributed by atoms with E-state index in [1.807, 2.05) is 0 Å². The minimum absolute atomic E-state index is 0.0609. The Hall–Kier alpha value is -3.95. The van der Waals surface area contributed by atoms with Crippen LogP contribution in [-0.4, -0.2) is 87.6 Å². The van der Waals surface area contributed by atoms with Crippen molar-refractivity contribution in [1.29, 1.82) is 0 Å². The van der Waals surface area contributed by atoms with Crippen molar-refractivity contribution in [1.82, 2.24) is 16.0 Å². The van der Waals surface area contributed by atoms with Crippen molar-refractivity contribution >= 4 is 41.6 Å². The van der Waals surface area contributed by atoms with Gasteiger partial charge >= 0.3 is 17.9 Å².